The molecule has 0 spiro atoms. The van der Waals surface area contributed by atoms with Gasteiger partial charge in [0.1, 0.15) is 5.78 Å². The van der Waals surface area contributed by atoms with Crippen LogP contribution in [0, 0.1) is 12.8 Å². The van der Waals surface area contributed by atoms with Crippen LogP contribution >= 0.6 is 0 Å². The monoisotopic (exact) mass is 465 g/mol. The van der Waals surface area contributed by atoms with Crippen LogP contribution in [-0.4, -0.2) is 24.3 Å². The van der Waals surface area contributed by atoms with Gasteiger partial charge in [0, 0.05) is 46.2 Å². The Morgan fingerprint density at radius 2 is 1.84 bits per heavy atom. The van der Waals surface area contributed by atoms with E-state index >= 15 is 0 Å². The van der Waals surface area contributed by atoms with Gasteiger partial charge in [-0.05, 0) is 50.8 Å². The van der Waals surface area contributed by atoms with Crippen LogP contribution < -0.4 is 4.18 Å². The maximum absolute atomic E-state index is 13.2. The molecule has 3 aromatic rings. The topological polar surface area (TPSA) is 65.4 Å². The molecular formula is C23H22F3NO4S. The van der Waals surface area contributed by atoms with Crippen molar-refractivity contribution in [1.82, 2.24) is 4.57 Å². The number of fused-ring (bicyclic) bond motifs is 5. The second kappa shape index (κ2) is 6.50. The van der Waals surface area contributed by atoms with Crippen molar-refractivity contribution in [3.8, 4) is 5.75 Å². The second-order valence-corrected chi connectivity index (χ2v) is 10.9. The summed E-state index contributed by atoms with van der Waals surface area (Å²) in [6.45, 7) is 5.69. The van der Waals surface area contributed by atoms with Gasteiger partial charge in [0.15, 0.2) is 5.75 Å². The Kier molecular flexibility index (Phi) is 4.32. The summed E-state index contributed by atoms with van der Waals surface area (Å²) in [5.41, 5.74) is -3.75. The molecule has 0 bridgehead atoms. The number of Topliss-reactive ketones (excluding diaryl/α,β-unsaturated/α-hetero) is 1. The van der Waals surface area contributed by atoms with Crippen molar-refractivity contribution in [2.75, 3.05) is 0 Å². The molecule has 0 unspecified atom stereocenters. The lowest BCUT2D eigenvalue weighted by molar-refractivity contribution is -0.122. The number of aromatic nitrogens is 1. The summed E-state index contributed by atoms with van der Waals surface area (Å²) < 4.78 is 70.5. The summed E-state index contributed by atoms with van der Waals surface area (Å²) in [5, 5.41) is 1.74. The smallest absolute Gasteiger partial charge is 0.375 e. The number of aryl methyl sites for hydroxylation is 1. The van der Waals surface area contributed by atoms with Crippen LogP contribution in [0.1, 0.15) is 50.2 Å². The highest BCUT2D eigenvalue weighted by atomic mass is 32.2. The van der Waals surface area contributed by atoms with Crippen molar-refractivity contribution < 1.29 is 30.6 Å². The third-order valence-corrected chi connectivity index (χ3v) is 8.08. The minimum Gasteiger partial charge on any atom is -0.375 e. The summed E-state index contributed by atoms with van der Waals surface area (Å²) in [6, 6.07) is 9.37. The van der Waals surface area contributed by atoms with E-state index in [1.165, 1.54) is 0 Å². The highest BCUT2D eigenvalue weighted by Gasteiger charge is 2.52. The van der Waals surface area contributed by atoms with E-state index in [1.807, 2.05) is 24.3 Å². The SMILES string of the molecule is Cc1cc2c3ccccc3n3c2c(c1OS(=O)(=O)C(F)(F)F)[C@H]1CC(=O)CC[C@H]1C3(C)C. The van der Waals surface area contributed by atoms with Gasteiger partial charge in [-0.15, -0.1) is 0 Å². The fourth-order valence-corrected chi connectivity index (χ4v) is 6.35. The molecule has 0 N–H and O–H groups in total. The van der Waals surface area contributed by atoms with E-state index < -0.39 is 27.1 Å². The van der Waals surface area contributed by atoms with Crippen molar-refractivity contribution in [2.24, 2.45) is 5.92 Å². The molecule has 1 aromatic heterocycles. The third kappa shape index (κ3) is 2.76. The van der Waals surface area contributed by atoms with E-state index in [-0.39, 0.29) is 23.9 Å². The largest absolute Gasteiger partial charge is 0.534 e. The molecule has 0 amide bonds. The third-order valence-electron chi connectivity index (χ3n) is 7.13. The Labute approximate surface area is 183 Å². The molecule has 1 aliphatic carbocycles. The number of para-hydroxylation sites is 1. The van der Waals surface area contributed by atoms with Crippen LogP contribution in [-0.2, 0) is 20.5 Å². The lowest BCUT2D eigenvalue weighted by Crippen LogP contribution is -2.45. The van der Waals surface area contributed by atoms with Gasteiger partial charge in [0.2, 0.25) is 0 Å². The summed E-state index contributed by atoms with van der Waals surface area (Å²) in [5.74, 6) is -0.779. The normalized spacial score (nSPS) is 22.9. The van der Waals surface area contributed by atoms with Crippen molar-refractivity contribution in [3.63, 3.8) is 0 Å². The number of carbonyl (C=O) groups excluding carboxylic acids is 1. The minimum absolute atomic E-state index is 0.0193. The van der Waals surface area contributed by atoms with E-state index in [2.05, 4.69) is 18.4 Å². The highest BCUT2D eigenvalue weighted by molar-refractivity contribution is 7.88. The average molecular weight is 465 g/mol. The molecule has 2 aliphatic rings. The molecule has 1 saturated carbocycles. The van der Waals surface area contributed by atoms with Gasteiger partial charge in [-0.2, -0.15) is 21.6 Å². The van der Waals surface area contributed by atoms with E-state index in [0.29, 0.717) is 29.5 Å². The van der Waals surface area contributed by atoms with Gasteiger partial charge >= 0.3 is 15.6 Å². The Morgan fingerprint density at radius 3 is 2.53 bits per heavy atom. The predicted molar refractivity (Wildman–Crippen MR) is 114 cm³/mol. The molecule has 170 valence electrons. The van der Waals surface area contributed by atoms with Crippen LogP contribution in [0.25, 0.3) is 21.8 Å². The number of carbonyl (C=O) groups is 1. The number of hydrogen-bond donors (Lipinski definition) is 0. The van der Waals surface area contributed by atoms with E-state index in [1.54, 1.807) is 13.0 Å². The molecule has 5 nitrogen and oxygen atoms in total. The summed E-state index contributed by atoms with van der Waals surface area (Å²) in [6.07, 6.45) is 1.12. The van der Waals surface area contributed by atoms with E-state index in [0.717, 1.165) is 16.3 Å². The molecule has 2 heterocycles. The number of ketones is 1. The molecule has 5 rings (SSSR count). The molecule has 2 aromatic carbocycles. The maximum atomic E-state index is 13.2. The molecule has 0 radical (unpaired) electrons. The average Bonchev–Trinajstić information content (AvgIpc) is 3.01. The van der Waals surface area contributed by atoms with Crippen molar-refractivity contribution >= 4 is 37.7 Å². The van der Waals surface area contributed by atoms with Gasteiger partial charge in [-0.1, -0.05) is 18.2 Å². The van der Waals surface area contributed by atoms with Gasteiger partial charge in [0.05, 0.1) is 5.52 Å². The first kappa shape index (κ1) is 21.3. The fraction of sp³-hybridized carbons (Fsp3) is 0.435. The van der Waals surface area contributed by atoms with Crippen LogP contribution in [0.5, 0.6) is 5.75 Å². The Hall–Kier alpha value is -2.55. The van der Waals surface area contributed by atoms with Gasteiger partial charge < -0.3 is 8.75 Å². The molecule has 1 aliphatic heterocycles. The standard InChI is InChI=1S/C23H22F3NO4S/c1-12-10-15-14-6-4-5-7-18(14)27-20(15)19(21(12)31-32(29,30)23(24,25)26)16-11-13(28)8-9-17(16)22(27,2)3/h4-7,10,16-17H,8-9,11H2,1-3H3/t16-,17+/m0/s1. The molecule has 2 atom stereocenters. The summed E-state index contributed by atoms with van der Waals surface area (Å²) >= 11 is 0. The zero-order chi connectivity index (χ0) is 23.2. The lowest BCUT2D eigenvalue weighted by atomic mass is 9.64. The molecule has 9 heteroatoms. The van der Waals surface area contributed by atoms with Crippen molar-refractivity contribution in [2.45, 2.75) is 57.0 Å². The maximum Gasteiger partial charge on any atom is 0.534 e. The zero-order valence-corrected chi connectivity index (χ0v) is 18.6. The Balaban J connectivity index is 1.93. The molecular weight excluding hydrogens is 443 g/mol. The van der Waals surface area contributed by atoms with Crippen molar-refractivity contribution in [3.05, 3.63) is 41.5 Å². The molecule has 0 saturated heterocycles. The van der Waals surface area contributed by atoms with Crippen molar-refractivity contribution in [1.29, 1.82) is 0 Å². The first-order valence-electron chi connectivity index (χ1n) is 10.4. The van der Waals surface area contributed by atoms with Gasteiger partial charge in [-0.3, -0.25) is 4.79 Å². The Bertz CT molecular complexity index is 1400. The molecule has 1 fully saturated rings. The predicted octanol–water partition coefficient (Wildman–Crippen LogP) is 5.53. The summed E-state index contributed by atoms with van der Waals surface area (Å²) in [4.78, 5) is 12.4. The number of benzene rings is 2. The first-order valence-corrected chi connectivity index (χ1v) is 11.8. The second-order valence-electron chi connectivity index (χ2n) is 9.32. The van der Waals surface area contributed by atoms with Crippen LogP contribution in [0.3, 0.4) is 0 Å². The number of hydrogen-bond acceptors (Lipinski definition) is 4. The fourth-order valence-electron chi connectivity index (χ4n) is 5.81. The Morgan fingerprint density at radius 1 is 1.16 bits per heavy atom. The van der Waals surface area contributed by atoms with Gasteiger partial charge in [0.25, 0.3) is 0 Å². The minimum atomic E-state index is -5.87. The number of halogens is 3. The van der Waals surface area contributed by atoms with Gasteiger partial charge in [-0.25, -0.2) is 0 Å². The highest BCUT2D eigenvalue weighted by Crippen LogP contribution is 2.57. The number of rotatable bonds is 2. The quantitative estimate of drug-likeness (QED) is 0.369. The molecule has 32 heavy (non-hydrogen) atoms. The van der Waals surface area contributed by atoms with Crippen LogP contribution in [0.4, 0.5) is 13.2 Å². The summed E-state index contributed by atoms with van der Waals surface area (Å²) in [7, 11) is -5.87. The first-order chi connectivity index (χ1) is 14.8. The number of nitrogens with zero attached hydrogens (tertiary/aromatic N) is 1. The number of alkyl halides is 3. The van der Waals surface area contributed by atoms with E-state index in [9.17, 15) is 26.4 Å². The lowest BCUT2D eigenvalue weighted by Gasteiger charge is -2.48. The van der Waals surface area contributed by atoms with Crippen LogP contribution in [0.2, 0.25) is 0 Å². The zero-order valence-electron chi connectivity index (χ0n) is 17.8. The van der Waals surface area contributed by atoms with E-state index in [4.69, 9.17) is 4.18 Å². The van der Waals surface area contributed by atoms with Crippen LogP contribution in [0.15, 0.2) is 30.3 Å².